The third kappa shape index (κ3) is 3.92. The Morgan fingerprint density at radius 1 is 1.00 bits per heavy atom. The minimum Gasteiger partial charge on any atom is -0.493 e. The van der Waals surface area contributed by atoms with Crippen molar-refractivity contribution < 1.29 is 23.9 Å². The molecule has 0 aliphatic carbocycles. The summed E-state index contributed by atoms with van der Waals surface area (Å²) >= 11 is 12.0. The van der Waals surface area contributed by atoms with Crippen molar-refractivity contribution in [2.45, 2.75) is 6.92 Å². The fourth-order valence-corrected chi connectivity index (χ4v) is 3.34. The zero-order valence-corrected chi connectivity index (χ0v) is 17.2. The number of barbiturate groups is 1. The van der Waals surface area contributed by atoms with Gasteiger partial charge in [0.2, 0.25) is 0 Å². The van der Waals surface area contributed by atoms with E-state index < -0.39 is 17.8 Å². The van der Waals surface area contributed by atoms with E-state index in [1.165, 1.54) is 38.5 Å². The normalized spacial score (nSPS) is 15.6. The summed E-state index contributed by atoms with van der Waals surface area (Å²) in [4.78, 5) is 38.5. The molecular formula is C20H16Cl2N2O5. The number of urea groups is 1. The minimum atomic E-state index is -0.898. The summed E-state index contributed by atoms with van der Waals surface area (Å²) in [6.45, 7) is 1.79. The van der Waals surface area contributed by atoms with E-state index in [1.54, 1.807) is 19.1 Å². The average molecular weight is 435 g/mol. The van der Waals surface area contributed by atoms with E-state index in [2.05, 4.69) is 5.32 Å². The van der Waals surface area contributed by atoms with Crippen LogP contribution in [-0.2, 0) is 9.59 Å². The van der Waals surface area contributed by atoms with Gasteiger partial charge in [0.1, 0.15) is 5.57 Å². The van der Waals surface area contributed by atoms with Gasteiger partial charge in [-0.05, 0) is 54.5 Å². The van der Waals surface area contributed by atoms with Crippen molar-refractivity contribution in [1.29, 1.82) is 0 Å². The molecule has 1 aliphatic rings. The van der Waals surface area contributed by atoms with E-state index in [4.69, 9.17) is 32.7 Å². The van der Waals surface area contributed by atoms with Gasteiger partial charge < -0.3 is 9.47 Å². The molecule has 0 atom stereocenters. The molecule has 1 heterocycles. The van der Waals surface area contributed by atoms with Crippen molar-refractivity contribution in [3.05, 3.63) is 57.1 Å². The van der Waals surface area contributed by atoms with Crippen LogP contribution in [0.1, 0.15) is 11.1 Å². The van der Waals surface area contributed by atoms with Crippen LogP contribution < -0.4 is 19.7 Å². The van der Waals surface area contributed by atoms with Crippen LogP contribution in [0.5, 0.6) is 11.5 Å². The van der Waals surface area contributed by atoms with Crippen molar-refractivity contribution in [2.75, 3.05) is 19.1 Å². The first-order valence-corrected chi connectivity index (χ1v) is 9.11. The highest BCUT2D eigenvalue weighted by molar-refractivity contribution is 6.42. The van der Waals surface area contributed by atoms with Crippen LogP contribution in [0.2, 0.25) is 10.0 Å². The van der Waals surface area contributed by atoms with Gasteiger partial charge in [0.25, 0.3) is 11.8 Å². The molecule has 1 N–H and O–H groups in total. The highest BCUT2D eigenvalue weighted by atomic mass is 35.5. The number of nitrogens with zero attached hydrogens (tertiary/aromatic N) is 1. The minimum absolute atomic E-state index is 0.0944. The quantitative estimate of drug-likeness (QED) is 0.580. The lowest BCUT2D eigenvalue weighted by atomic mass is 10.0. The lowest BCUT2D eigenvalue weighted by molar-refractivity contribution is -0.122. The van der Waals surface area contributed by atoms with E-state index in [0.29, 0.717) is 22.1 Å². The maximum atomic E-state index is 13.0. The van der Waals surface area contributed by atoms with Gasteiger partial charge in [-0.3, -0.25) is 14.9 Å². The number of carbonyl (C=O) groups excluding carboxylic acids is 3. The van der Waals surface area contributed by atoms with Crippen LogP contribution in [0.4, 0.5) is 10.5 Å². The summed E-state index contributed by atoms with van der Waals surface area (Å²) in [6, 6.07) is 6.77. The Labute approximate surface area is 176 Å². The van der Waals surface area contributed by atoms with E-state index in [-0.39, 0.29) is 16.3 Å². The molecule has 2 aromatic carbocycles. The van der Waals surface area contributed by atoms with Crippen molar-refractivity contribution in [1.82, 2.24) is 5.32 Å². The highest BCUT2D eigenvalue weighted by Gasteiger charge is 2.37. The number of amides is 4. The molecule has 3 rings (SSSR count). The molecule has 1 fully saturated rings. The van der Waals surface area contributed by atoms with Crippen LogP contribution in [0, 0.1) is 6.92 Å². The summed E-state index contributed by atoms with van der Waals surface area (Å²) in [5, 5.41) is 2.59. The highest BCUT2D eigenvalue weighted by Crippen LogP contribution is 2.33. The number of methoxy groups -OCH3 is 2. The van der Waals surface area contributed by atoms with E-state index in [9.17, 15) is 14.4 Å². The van der Waals surface area contributed by atoms with Crippen molar-refractivity contribution >= 4 is 52.8 Å². The third-order valence-corrected chi connectivity index (χ3v) is 4.86. The molecule has 4 amide bonds. The zero-order chi connectivity index (χ0) is 21.3. The molecule has 7 nitrogen and oxygen atoms in total. The predicted octanol–water partition coefficient (Wildman–Crippen LogP) is 3.99. The summed E-state index contributed by atoms with van der Waals surface area (Å²) in [7, 11) is 2.98. The van der Waals surface area contributed by atoms with Gasteiger partial charge in [-0.25, -0.2) is 9.69 Å². The Kier molecular flexibility index (Phi) is 5.81. The standard InChI is InChI=1S/C20H16Cl2N2O5/c1-10-6-16(28-2)17(29-3)8-11(10)7-13-18(25)23-20(27)24(19(13)26)15-5-4-12(21)9-14(15)22/h4-9H,1-3H3,(H,23,25,27)/b13-7+. The number of nitrogens with one attached hydrogen (secondary N) is 1. The fourth-order valence-electron chi connectivity index (χ4n) is 2.85. The lowest BCUT2D eigenvalue weighted by Crippen LogP contribution is -2.54. The Morgan fingerprint density at radius 2 is 1.66 bits per heavy atom. The SMILES string of the molecule is COc1cc(C)c(/C=C2\C(=O)NC(=O)N(c3ccc(Cl)cc3Cl)C2=O)cc1OC. The smallest absolute Gasteiger partial charge is 0.335 e. The fraction of sp³-hybridized carbons (Fsp3) is 0.150. The molecule has 2 aromatic rings. The number of aryl methyl sites for hydroxylation is 1. The number of rotatable bonds is 4. The summed E-state index contributed by atoms with van der Waals surface area (Å²) in [6.07, 6.45) is 1.39. The van der Waals surface area contributed by atoms with Crippen LogP contribution in [0.3, 0.4) is 0 Å². The largest absolute Gasteiger partial charge is 0.493 e. The topological polar surface area (TPSA) is 84.9 Å². The van der Waals surface area contributed by atoms with Gasteiger partial charge in [-0.2, -0.15) is 0 Å². The second-order valence-corrected chi connectivity index (χ2v) is 6.96. The molecular weight excluding hydrogens is 419 g/mol. The van der Waals surface area contributed by atoms with E-state index in [0.717, 1.165) is 10.5 Å². The number of ether oxygens (including phenoxy) is 2. The maximum absolute atomic E-state index is 13.0. The zero-order valence-electron chi connectivity index (χ0n) is 15.7. The monoisotopic (exact) mass is 434 g/mol. The molecule has 0 unspecified atom stereocenters. The summed E-state index contributed by atoms with van der Waals surface area (Å²) in [5.74, 6) is -0.675. The van der Waals surface area contributed by atoms with Crippen LogP contribution in [0.15, 0.2) is 35.9 Å². The molecule has 0 saturated carbocycles. The number of halogens is 2. The van der Waals surface area contributed by atoms with Gasteiger partial charge in [0.05, 0.1) is 24.9 Å². The Balaban J connectivity index is 2.08. The summed E-state index contributed by atoms with van der Waals surface area (Å²) in [5.41, 5.74) is 1.17. The first-order valence-electron chi connectivity index (χ1n) is 8.36. The van der Waals surface area contributed by atoms with Gasteiger partial charge in [-0.1, -0.05) is 23.2 Å². The molecule has 0 radical (unpaired) electrons. The number of imide groups is 2. The molecule has 1 aliphatic heterocycles. The molecule has 29 heavy (non-hydrogen) atoms. The maximum Gasteiger partial charge on any atom is 0.335 e. The molecule has 0 bridgehead atoms. The van der Waals surface area contributed by atoms with Gasteiger partial charge in [0, 0.05) is 5.02 Å². The Hall–Kier alpha value is -3.03. The average Bonchev–Trinajstić information content (AvgIpc) is 2.67. The second-order valence-electron chi connectivity index (χ2n) is 6.12. The van der Waals surface area contributed by atoms with Crippen molar-refractivity contribution in [3.63, 3.8) is 0 Å². The van der Waals surface area contributed by atoms with Gasteiger partial charge >= 0.3 is 6.03 Å². The molecule has 9 heteroatoms. The Bertz CT molecular complexity index is 1070. The van der Waals surface area contributed by atoms with Gasteiger partial charge in [-0.15, -0.1) is 0 Å². The third-order valence-electron chi connectivity index (χ3n) is 4.32. The Morgan fingerprint density at radius 3 is 2.28 bits per heavy atom. The van der Waals surface area contributed by atoms with Crippen molar-refractivity contribution in [2.24, 2.45) is 0 Å². The number of anilines is 1. The summed E-state index contributed by atoms with van der Waals surface area (Å²) < 4.78 is 10.5. The number of benzene rings is 2. The molecule has 0 spiro atoms. The number of hydrogen-bond donors (Lipinski definition) is 1. The van der Waals surface area contributed by atoms with E-state index >= 15 is 0 Å². The van der Waals surface area contributed by atoms with E-state index in [1.807, 2.05) is 0 Å². The van der Waals surface area contributed by atoms with Crippen LogP contribution in [-0.4, -0.2) is 32.1 Å². The molecule has 0 aromatic heterocycles. The van der Waals surface area contributed by atoms with Gasteiger partial charge in [0.15, 0.2) is 11.5 Å². The predicted molar refractivity (Wildman–Crippen MR) is 110 cm³/mol. The first kappa shape index (κ1) is 20.7. The van der Waals surface area contributed by atoms with Crippen molar-refractivity contribution in [3.8, 4) is 11.5 Å². The number of carbonyl (C=O) groups is 3. The number of hydrogen-bond acceptors (Lipinski definition) is 5. The van der Waals surface area contributed by atoms with Crippen LogP contribution >= 0.6 is 23.2 Å². The molecule has 150 valence electrons. The lowest BCUT2D eigenvalue weighted by Gasteiger charge is -2.27. The second kappa shape index (κ2) is 8.14. The van der Waals surface area contributed by atoms with Crippen LogP contribution in [0.25, 0.3) is 6.08 Å². The first-order chi connectivity index (χ1) is 13.8. The molecule has 1 saturated heterocycles.